The first-order valence-corrected chi connectivity index (χ1v) is 7.29. The van der Waals surface area contributed by atoms with Gasteiger partial charge in [0.1, 0.15) is 0 Å². The van der Waals surface area contributed by atoms with Crippen LogP contribution in [0.25, 0.3) is 0 Å². The number of sulfone groups is 1. The van der Waals surface area contributed by atoms with E-state index in [0.29, 0.717) is 5.56 Å². The minimum Gasteiger partial charge on any atom is -0.306 e. The van der Waals surface area contributed by atoms with Gasteiger partial charge in [0.2, 0.25) is 0 Å². The van der Waals surface area contributed by atoms with Crippen LogP contribution in [0, 0.1) is 11.3 Å². The molecule has 90 valence electrons. The van der Waals surface area contributed by atoms with Gasteiger partial charge in [-0.2, -0.15) is 5.26 Å². The van der Waals surface area contributed by atoms with Gasteiger partial charge in [0.05, 0.1) is 23.1 Å². The molecule has 0 aliphatic carbocycles. The Hall–Kier alpha value is -1.38. The third-order valence-corrected chi connectivity index (χ3v) is 4.70. The van der Waals surface area contributed by atoms with Crippen molar-refractivity contribution in [3.05, 3.63) is 35.4 Å². The molecule has 2 atom stereocenters. The van der Waals surface area contributed by atoms with Gasteiger partial charge >= 0.3 is 0 Å². The van der Waals surface area contributed by atoms with Crippen LogP contribution in [0.3, 0.4) is 0 Å². The number of benzene rings is 1. The van der Waals surface area contributed by atoms with Gasteiger partial charge in [-0.3, -0.25) is 0 Å². The van der Waals surface area contributed by atoms with E-state index in [0.717, 1.165) is 5.56 Å². The highest BCUT2D eigenvalue weighted by atomic mass is 32.2. The standard InChI is InChI=1S/C12H14N2O2S/c1-9-7-17(15,16)8-12(14-9)11-4-2-10(6-13)3-5-11/h2-5,9,12,14H,7-8H2,1H3. The third-order valence-electron chi connectivity index (χ3n) is 2.85. The summed E-state index contributed by atoms with van der Waals surface area (Å²) in [6, 6.07) is 8.88. The molecule has 0 spiro atoms. The number of nitriles is 1. The summed E-state index contributed by atoms with van der Waals surface area (Å²) in [6.07, 6.45) is 0. The second kappa shape index (κ2) is 4.47. The van der Waals surface area contributed by atoms with Gasteiger partial charge in [0, 0.05) is 12.1 Å². The maximum Gasteiger partial charge on any atom is 0.153 e. The second-order valence-electron chi connectivity index (χ2n) is 4.43. The van der Waals surface area contributed by atoms with Crippen LogP contribution in [0.5, 0.6) is 0 Å². The Bertz CT molecular complexity index is 543. The summed E-state index contributed by atoms with van der Waals surface area (Å²) in [4.78, 5) is 0. The van der Waals surface area contributed by atoms with Gasteiger partial charge < -0.3 is 5.32 Å². The summed E-state index contributed by atoms with van der Waals surface area (Å²) in [5.41, 5.74) is 1.50. The molecule has 1 aliphatic rings. The Kier molecular flexibility index (Phi) is 3.18. The first-order chi connectivity index (χ1) is 8.00. The first-order valence-electron chi connectivity index (χ1n) is 5.47. The molecule has 2 rings (SSSR count). The van der Waals surface area contributed by atoms with Crippen LogP contribution in [0.1, 0.15) is 24.1 Å². The van der Waals surface area contributed by atoms with E-state index in [1.165, 1.54) is 0 Å². The lowest BCUT2D eigenvalue weighted by atomic mass is 10.1. The zero-order valence-electron chi connectivity index (χ0n) is 9.55. The molecule has 1 N–H and O–H groups in total. The molecule has 0 radical (unpaired) electrons. The molecule has 0 amide bonds. The molecule has 1 aromatic rings. The highest BCUT2D eigenvalue weighted by Gasteiger charge is 2.29. The van der Waals surface area contributed by atoms with E-state index in [2.05, 4.69) is 5.32 Å². The van der Waals surface area contributed by atoms with Crippen molar-refractivity contribution >= 4 is 9.84 Å². The monoisotopic (exact) mass is 250 g/mol. The number of nitrogens with zero attached hydrogens (tertiary/aromatic N) is 1. The predicted molar refractivity (Wildman–Crippen MR) is 65.1 cm³/mol. The Labute approximate surface area is 101 Å². The number of rotatable bonds is 1. The Morgan fingerprint density at radius 2 is 1.94 bits per heavy atom. The lowest BCUT2D eigenvalue weighted by Gasteiger charge is -2.29. The smallest absolute Gasteiger partial charge is 0.153 e. The maximum atomic E-state index is 11.7. The molecule has 0 aromatic heterocycles. The fraction of sp³-hybridized carbons (Fsp3) is 0.417. The molecule has 1 aliphatic heterocycles. The fourth-order valence-electron chi connectivity index (χ4n) is 2.12. The molecule has 2 unspecified atom stereocenters. The molecule has 5 heteroatoms. The van der Waals surface area contributed by atoms with E-state index in [-0.39, 0.29) is 23.6 Å². The van der Waals surface area contributed by atoms with Crippen molar-refractivity contribution in [2.45, 2.75) is 19.0 Å². The zero-order chi connectivity index (χ0) is 12.5. The second-order valence-corrected chi connectivity index (χ2v) is 6.58. The third kappa shape index (κ3) is 2.84. The Balaban J connectivity index is 2.24. The summed E-state index contributed by atoms with van der Waals surface area (Å²) < 4.78 is 23.4. The molecule has 1 aromatic carbocycles. The molecule has 1 heterocycles. The molecular formula is C12H14N2O2S. The average molecular weight is 250 g/mol. The van der Waals surface area contributed by atoms with Crippen molar-refractivity contribution in [1.82, 2.24) is 5.32 Å². The van der Waals surface area contributed by atoms with Crippen LogP contribution < -0.4 is 5.32 Å². The number of hydrogen-bond acceptors (Lipinski definition) is 4. The lowest BCUT2D eigenvalue weighted by Crippen LogP contribution is -2.45. The van der Waals surface area contributed by atoms with Gasteiger partial charge in [-0.1, -0.05) is 12.1 Å². The minimum atomic E-state index is -2.97. The summed E-state index contributed by atoms with van der Waals surface area (Å²) in [7, 11) is -2.97. The minimum absolute atomic E-state index is 0.0330. The number of nitrogens with one attached hydrogen (secondary N) is 1. The van der Waals surface area contributed by atoms with Crippen LogP contribution in [0.4, 0.5) is 0 Å². The summed E-state index contributed by atoms with van der Waals surface area (Å²) in [6.45, 7) is 1.87. The van der Waals surface area contributed by atoms with E-state index in [1.807, 2.05) is 25.1 Å². The van der Waals surface area contributed by atoms with Crippen molar-refractivity contribution < 1.29 is 8.42 Å². The zero-order valence-corrected chi connectivity index (χ0v) is 10.4. The fourth-order valence-corrected chi connectivity index (χ4v) is 3.92. The van der Waals surface area contributed by atoms with Crippen LogP contribution in [0.2, 0.25) is 0 Å². The van der Waals surface area contributed by atoms with Crippen LogP contribution in [-0.4, -0.2) is 26.0 Å². The van der Waals surface area contributed by atoms with Crippen LogP contribution in [0.15, 0.2) is 24.3 Å². The summed E-state index contributed by atoms with van der Waals surface area (Å²) >= 11 is 0. The summed E-state index contributed by atoms with van der Waals surface area (Å²) in [5.74, 6) is 0.322. The lowest BCUT2D eigenvalue weighted by molar-refractivity contribution is 0.468. The first kappa shape index (κ1) is 12.1. The quantitative estimate of drug-likeness (QED) is 0.807. The molecular weight excluding hydrogens is 236 g/mol. The topological polar surface area (TPSA) is 70.0 Å². The highest BCUT2D eigenvalue weighted by Crippen LogP contribution is 2.21. The van der Waals surface area contributed by atoms with Gasteiger partial charge in [-0.15, -0.1) is 0 Å². The largest absolute Gasteiger partial charge is 0.306 e. The van der Waals surface area contributed by atoms with Crippen LogP contribution >= 0.6 is 0 Å². The molecule has 1 fully saturated rings. The van der Waals surface area contributed by atoms with Crippen molar-refractivity contribution in [2.24, 2.45) is 0 Å². The van der Waals surface area contributed by atoms with E-state index >= 15 is 0 Å². The Morgan fingerprint density at radius 3 is 2.47 bits per heavy atom. The van der Waals surface area contributed by atoms with Crippen molar-refractivity contribution in [3.63, 3.8) is 0 Å². The molecule has 0 saturated carbocycles. The van der Waals surface area contributed by atoms with Gasteiger partial charge in [0.15, 0.2) is 9.84 Å². The average Bonchev–Trinajstić information content (AvgIpc) is 2.26. The van der Waals surface area contributed by atoms with E-state index in [4.69, 9.17) is 5.26 Å². The molecule has 1 saturated heterocycles. The Morgan fingerprint density at radius 1 is 1.29 bits per heavy atom. The molecule has 17 heavy (non-hydrogen) atoms. The predicted octanol–water partition coefficient (Wildman–Crippen LogP) is 1.01. The van der Waals surface area contributed by atoms with Gasteiger partial charge in [-0.05, 0) is 24.6 Å². The molecule has 0 bridgehead atoms. The van der Waals surface area contributed by atoms with E-state index < -0.39 is 9.84 Å². The number of hydrogen-bond donors (Lipinski definition) is 1. The van der Waals surface area contributed by atoms with Crippen LogP contribution in [-0.2, 0) is 9.84 Å². The van der Waals surface area contributed by atoms with Crippen molar-refractivity contribution in [2.75, 3.05) is 11.5 Å². The van der Waals surface area contributed by atoms with E-state index in [9.17, 15) is 8.42 Å². The van der Waals surface area contributed by atoms with Crippen molar-refractivity contribution in [3.8, 4) is 6.07 Å². The van der Waals surface area contributed by atoms with E-state index in [1.54, 1.807) is 12.1 Å². The normalized spacial score (nSPS) is 27.3. The molecule has 4 nitrogen and oxygen atoms in total. The summed E-state index contributed by atoms with van der Waals surface area (Å²) in [5, 5.41) is 12.0. The van der Waals surface area contributed by atoms with Gasteiger partial charge in [0.25, 0.3) is 0 Å². The highest BCUT2D eigenvalue weighted by molar-refractivity contribution is 7.91. The SMILES string of the molecule is CC1CS(=O)(=O)CC(c2ccc(C#N)cc2)N1. The van der Waals surface area contributed by atoms with Crippen molar-refractivity contribution in [1.29, 1.82) is 5.26 Å². The van der Waals surface area contributed by atoms with Gasteiger partial charge in [-0.25, -0.2) is 8.42 Å². The maximum absolute atomic E-state index is 11.7.